The van der Waals surface area contributed by atoms with E-state index in [1.807, 2.05) is 9.80 Å². The molecule has 1 amide bonds. The molecule has 32 heavy (non-hydrogen) atoms. The number of fused-ring (bicyclic) bond motifs is 1. The first-order chi connectivity index (χ1) is 15.5. The van der Waals surface area contributed by atoms with Crippen LogP contribution in [0.25, 0.3) is 0 Å². The normalized spacial score (nSPS) is 16.0. The van der Waals surface area contributed by atoms with Crippen LogP contribution in [0.15, 0.2) is 24.3 Å². The van der Waals surface area contributed by atoms with E-state index in [0.717, 1.165) is 29.7 Å². The van der Waals surface area contributed by atoms with Crippen LogP contribution in [0.1, 0.15) is 34.1 Å². The van der Waals surface area contributed by atoms with E-state index >= 15 is 0 Å². The van der Waals surface area contributed by atoms with Gasteiger partial charge < -0.3 is 15.0 Å². The van der Waals surface area contributed by atoms with Gasteiger partial charge >= 0.3 is 5.97 Å². The molecule has 1 aliphatic heterocycles. The van der Waals surface area contributed by atoms with Gasteiger partial charge in [-0.25, -0.2) is 4.79 Å². The monoisotopic (exact) mass is 458 g/mol. The zero-order valence-corrected chi connectivity index (χ0v) is 18.8. The van der Waals surface area contributed by atoms with Crippen molar-refractivity contribution in [3.05, 3.63) is 50.4 Å². The maximum absolute atomic E-state index is 12.7. The highest BCUT2D eigenvalue weighted by molar-refractivity contribution is 7.17. The molecule has 0 unspecified atom stereocenters. The molecule has 0 bridgehead atoms. The zero-order chi connectivity index (χ0) is 22.7. The first kappa shape index (κ1) is 22.2. The first-order valence-corrected chi connectivity index (χ1v) is 11.6. The lowest BCUT2D eigenvalue weighted by Gasteiger charge is -2.35. The van der Waals surface area contributed by atoms with E-state index in [4.69, 9.17) is 4.74 Å². The Morgan fingerprint density at radius 1 is 1.19 bits per heavy atom. The first-order valence-electron chi connectivity index (χ1n) is 10.8. The maximum Gasteiger partial charge on any atom is 0.341 e. The number of nitrogens with zero attached hydrogens (tertiary/aromatic N) is 3. The number of amides is 1. The van der Waals surface area contributed by atoms with E-state index in [0.29, 0.717) is 49.0 Å². The highest BCUT2D eigenvalue weighted by Crippen LogP contribution is 2.39. The van der Waals surface area contributed by atoms with Crippen molar-refractivity contribution < 1.29 is 19.2 Å². The molecule has 1 aromatic heterocycles. The van der Waals surface area contributed by atoms with Crippen LogP contribution >= 0.6 is 11.3 Å². The molecule has 1 aromatic carbocycles. The molecular weight excluding hydrogens is 432 g/mol. The number of anilines is 2. The van der Waals surface area contributed by atoms with E-state index in [-0.39, 0.29) is 29.0 Å². The van der Waals surface area contributed by atoms with Crippen molar-refractivity contribution in [3.8, 4) is 0 Å². The highest BCUT2D eigenvalue weighted by Gasteiger charge is 2.29. The van der Waals surface area contributed by atoms with Crippen molar-refractivity contribution in [1.29, 1.82) is 0 Å². The van der Waals surface area contributed by atoms with Crippen LogP contribution in [-0.4, -0.2) is 61.0 Å². The number of piperazine rings is 1. The molecule has 0 spiro atoms. The van der Waals surface area contributed by atoms with Gasteiger partial charge in [0.2, 0.25) is 5.91 Å². The van der Waals surface area contributed by atoms with Crippen molar-refractivity contribution in [2.24, 2.45) is 0 Å². The Morgan fingerprint density at radius 2 is 1.94 bits per heavy atom. The molecule has 1 aliphatic carbocycles. The second-order valence-electron chi connectivity index (χ2n) is 7.84. The number of hydrogen-bond donors (Lipinski definition) is 1. The number of rotatable bonds is 7. The summed E-state index contributed by atoms with van der Waals surface area (Å²) in [6.45, 7) is 4.69. The quantitative estimate of drug-likeness (QED) is 0.386. The fourth-order valence-corrected chi connectivity index (χ4v) is 5.61. The van der Waals surface area contributed by atoms with Gasteiger partial charge in [-0.2, -0.15) is 0 Å². The fourth-order valence-electron chi connectivity index (χ4n) is 4.31. The number of esters is 1. The average Bonchev–Trinajstić information content (AvgIpc) is 3.35. The molecule has 1 saturated heterocycles. The van der Waals surface area contributed by atoms with Crippen LogP contribution in [0.2, 0.25) is 0 Å². The highest BCUT2D eigenvalue weighted by atomic mass is 32.1. The molecule has 4 rings (SSSR count). The summed E-state index contributed by atoms with van der Waals surface area (Å²) in [4.78, 5) is 41.3. The van der Waals surface area contributed by atoms with Gasteiger partial charge in [-0.05, 0) is 37.8 Å². The largest absolute Gasteiger partial charge is 0.462 e. The fraction of sp³-hybridized carbons (Fsp3) is 0.455. The van der Waals surface area contributed by atoms with Crippen molar-refractivity contribution in [2.45, 2.75) is 26.2 Å². The van der Waals surface area contributed by atoms with Gasteiger partial charge in [0.05, 0.1) is 23.6 Å². The molecule has 9 nitrogen and oxygen atoms in total. The molecule has 1 N–H and O–H groups in total. The summed E-state index contributed by atoms with van der Waals surface area (Å²) in [6.07, 6.45) is 2.78. The van der Waals surface area contributed by atoms with Crippen LogP contribution in [-0.2, 0) is 22.4 Å². The summed E-state index contributed by atoms with van der Waals surface area (Å²) >= 11 is 1.47. The maximum atomic E-state index is 12.7. The topological polar surface area (TPSA) is 105 Å². The zero-order valence-electron chi connectivity index (χ0n) is 18.0. The minimum Gasteiger partial charge on any atom is -0.462 e. The van der Waals surface area contributed by atoms with Crippen molar-refractivity contribution in [3.63, 3.8) is 0 Å². The van der Waals surface area contributed by atoms with Crippen molar-refractivity contribution >= 4 is 39.6 Å². The smallest absolute Gasteiger partial charge is 0.341 e. The minimum absolute atomic E-state index is 0.0935. The number of nitro groups is 1. The molecule has 0 radical (unpaired) electrons. The second kappa shape index (κ2) is 9.66. The predicted octanol–water partition coefficient (Wildman–Crippen LogP) is 3.08. The number of thiophene rings is 1. The molecule has 2 heterocycles. The molecule has 0 saturated carbocycles. The Labute approximate surface area is 190 Å². The third-order valence-corrected chi connectivity index (χ3v) is 7.02. The average molecular weight is 459 g/mol. The van der Waals surface area contributed by atoms with Gasteiger partial charge in [0.15, 0.2) is 0 Å². The Morgan fingerprint density at radius 3 is 2.66 bits per heavy atom. The number of nitro benzene ring substituents is 1. The lowest BCUT2D eigenvalue weighted by atomic mass is 10.1. The van der Waals surface area contributed by atoms with E-state index < -0.39 is 0 Å². The summed E-state index contributed by atoms with van der Waals surface area (Å²) in [5.41, 5.74) is 2.23. The Hall–Kier alpha value is -2.98. The lowest BCUT2D eigenvalue weighted by molar-refractivity contribution is -0.384. The summed E-state index contributed by atoms with van der Waals surface area (Å²) in [5, 5.41) is 14.8. The number of hydrogen-bond acceptors (Lipinski definition) is 8. The summed E-state index contributed by atoms with van der Waals surface area (Å²) in [6, 6.07) is 6.72. The Bertz CT molecular complexity index is 1030. The standard InChI is InChI=1S/C22H26N4O5S/c1-2-31-22(28)20-15-6-5-9-18(15)32-21(20)23-19(27)14-24-10-12-25(13-11-24)16-7-3-4-8-17(16)26(29)30/h3-4,7-8H,2,5-6,9-14H2,1H3,(H,23,27). The number of carbonyl (C=O) groups excluding carboxylic acids is 2. The molecule has 10 heteroatoms. The van der Waals surface area contributed by atoms with Gasteiger partial charge in [0.25, 0.3) is 5.69 Å². The van der Waals surface area contributed by atoms with E-state index in [1.54, 1.807) is 25.1 Å². The molecular formula is C22H26N4O5S. The van der Waals surface area contributed by atoms with E-state index in [2.05, 4.69) is 5.32 Å². The molecule has 1 fully saturated rings. The summed E-state index contributed by atoms with van der Waals surface area (Å²) < 4.78 is 5.22. The molecule has 2 aliphatic rings. The van der Waals surface area contributed by atoms with Crippen LogP contribution in [0.4, 0.5) is 16.4 Å². The second-order valence-corrected chi connectivity index (χ2v) is 8.94. The van der Waals surface area contributed by atoms with E-state index in [1.165, 1.54) is 17.4 Å². The predicted molar refractivity (Wildman–Crippen MR) is 123 cm³/mol. The van der Waals surface area contributed by atoms with Crippen LogP contribution in [0.5, 0.6) is 0 Å². The van der Waals surface area contributed by atoms with Crippen molar-refractivity contribution in [1.82, 2.24) is 4.90 Å². The van der Waals surface area contributed by atoms with Crippen LogP contribution in [0.3, 0.4) is 0 Å². The SMILES string of the molecule is CCOC(=O)c1c(NC(=O)CN2CCN(c3ccccc3[N+](=O)[O-])CC2)sc2c1CCC2. The van der Waals surface area contributed by atoms with Crippen LogP contribution in [0, 0.1) is 10.1 Å². The summed E-state index contributed by atoms with van der Waals surface area (Å²) in [5.74, 6) is -0.546. The van der Waals surface area contributed by atoms with Crippen molar-refractivity contribution in [2.75, 3.05) is 49.5 Å². The van der Waals surface area contributed by atoms with Gasteiger partial charge in [0.1, 0.15) is 10.7 Å². The molecule has 2 aromatic rings. The molecule has 0 atom stereocenters. The third-order valence-electron chi connectivity index (χ3n) is 5.81. The van der Waals surface area contributed by atoms with E-state index in [9.17, 15) is 19.7 Å². The number of nitrogens with one attached hydrogen (secondary N) is 1. The molecule has 170 valence electrons. The number of ether oxygens (including phenoxy) is 1. The Balaban J connectivity index is 1.37. The number of aryl methyl sites for hydroxylation is 1. The third kappa shape index (κ3) is 4.61. The number of carbonyl (C=O) groups is 2. The Kier molecular flexibility index (Phi) is 6.71. The number of para-hydroxylation sites is 2. The number of benzene rings is 1. The van der Waals surface area contributed by atoms with Gasteiger partial charge in [-0.1, -0.05) is 12.1 Å². The van der Waals surface area contributed by atoms with Gasteiger partial charge in [0, 0.05) is 37.1 Å². The van der Waals surface area contributed by atoms with Gasteiger partial charge in [-0.15, -0.1) is 11.3 Å². The van der Waals surface area contributed by atoms with Crippen LogP contribution < -0.4 is 10.2 Å². The van der Waals surface area contributed by atoms with Gasteiger partial charge in [-0.3, -0.25) is 19.8 Å². The minimum atomic E-state index is -0.375. The summed E-state index contributed by atoms with van der Waals surface area (Å²) in [7, 11) is 0. The lowest BCUT2D eigenvalue weighted by Crippen LogP contribution is -2.48.